The molecule has 0 aliphatic heterocycles. The normalized spacial score (nSPS) is 21.8. The summed E-state index contributed by atoms with van der Waals surface area (Å²) in [7, 11) is 0. The molecule has 0 bridgehead atoms. The Balaban J connectivity index is 1.80. The van der Waals surface area contributed by atoms with Crippen LogP contribution in [0.15, 0.2) is 0 Å². The number of amides is 2. The minimum absolute atomic E-state index is 0.0262. The van der Waals surface area contributed by atoms with E-state index in [1.165, 1.54) is 0 Å². The van der Waals surface area contributed by atoms with Crippen LogP contribution in [-0.4, -0.2) is 34.5 Å². The number of aliphatic carboxylic acids is 1. The molecule has 0 spiro atoms. The van der Waals surface area contributed by atoms with Crippen LogP contribution in [0.4, 0.5) is 0 Å². The molecule has 0 aromatic rings. The molecule has 0 aromatic carbocycles. The van der Waals surface area contributed by atoms with Crippen molar-refractivity contribution in [3.8, 4) is 0 Å². The van der Waals surface area contributed by atoms with Crippen molar-refractivity contribution in [1.29, 1.82) is 0 Å². The van der Waals surface area contributed by atoms with Crippen molar-refractivity contribution in [1.82, 2.24) is 10.6 Å². The molecule has 3 N–H and O–H groups in total. The van der Waals surface area contributed by atoms with Crippen molar-refractivity contribution in [3.05, 3.63) is 0 Å². The summed E-state index contributed by atoms with van der Waals surface area (Å²) in [5.74, 6) is -0.917. The Bertz CT molecular complexity index is 452. The Morgan fingerprint density at radius 3 is 2.30 bits per heavy atom. The molecule has 2 saturated carbocycles. The maximum absolute atomic E-state index is 12.2. The third kappa shape index (κ3) is 5.22. The maximum Gasteiger partial charge on any atom is 0.305 e. The van der Waals surface area contributed by atoms with Crippen molar-refractivity contribution in [2.24, 2.45) is 5.92 Å². The monoisotopic (exact) mass is 324 g/mol. The third-order valence-corrected chi connectivity index (χ3v) is 5.06. The molecule has 0 aromatic heterocycles. The lowest BCUT2D eigenvalue weighted by atomic mass is 9.93. The summed E-state index contributed by atoms with van der Waals surface area (Å²) in [6, 6.07) is -0.230. The van der Waals surface area contributed by atoms with E-state index >= 15 is 0 Å². The molecule has 2 amide bonds. The van der Waals surface area contributed by atoms with Crippen LogP contribution in [0, 0.1) is 5.92 Å². The van der Waals surface area contributed by atoms with E-state index in [9.17, 15) is 14.4 Å². The zero-order valence-corrected chi connectivity index (χ0v) is 13.9. The number of carboxylic acid groups (broad SMARTS) is 1. The van der Waals surface area contributed by atoms with E-state index in [1.807, 2.05) is 6.92 Å². The van der Waals surface area contributed by atoms with Gasteiger partial charge in [-0.05, 0) is 32.6 Å². The second-order valence-corrected chi connectivity index (χ2v) is 7.20. The third-order valence-electron chi connectivity index (χ3n) is 5.06. The van der Waals surface area contributed by atoms with Gasteiger partial charge in [-0.1, -0.05) is 25.7 Å². The summed E-state index contributed by atoms with van der Waals surface area (Å²) in [6.45, 7) is 1.82. The van der Waals surface area contributed by atoms with E-state index in [-0.39, 0.29) is 36.6 Å². The molecule has 2 rings (SSSR count). The first-order chi connectivity index (χ1) is 10.9. The van der Waals surface area contributed by atoms with Gasteiger partial charge in [0.25, 0.3) is 0 Å². The molecule has 1 unspecified atom stereocenters. The highest BCUT2D eigenvalue weighted by atomic mass is 16.4. The molecule has 0 saturated heterocycles. The number of carbonyl (C=O) groups excluding carboxylic acids is 2. The van der Waals surface area contributed by atoms with Crippen LogP contribution < -0.4 is 10.6 Å². The molecule has 6 nitrogen and oxygen atoms in total. The zero-order chi connectivity index (χ0) is 16.9. The van der Waals surface area contributed by atoms with Crippen LogP contribution in [0.25, 0.3) is 0 Å². The summed E-state index contributed by atoms with van der Waals surface area (Å²) in [5, 5.41) is 14.9. The number of hydrogen-bond donors (Lipinski definition) is 3. The van der Waals surface area contributed by atoms with Gasteiger partial charge in [-0.3, -0.25) is 14.4 Å². The molecular formula is C17H28N2O4. The van der Waals surface area contributed by atoms with Gasteiger partial charge in [-0.2, -0.15) is 0 Å². The van der Waals surface area contributed by atoms with Gasteiger partial charge in [0.15, 0.2) is 0 Å². The Kier molecular flexibility index (Phi) is 6.02. The van der Waals surface area contributed by atoms with E-state index in [1.54, 1.807) is 0 Å². The highest BCUT2D eigenvalue weighted by molar-refractivity contribution is 5.82. The molecular weight excluding hydrogens is 296 g/mol. The van der Waals surface area contributed by atoms with E-state index in [0.717, 1.165) is 38.5 Å². The fourth-order valence-corrected chi connectivity index (χ4v) is 3.91. The van der Waals surface area contributed by atoms with Gasteiger partial charge in [0, 0.05) is 18.4 Å². The van der Waals surface area contributed by atoms with Gasteiger partial charge in [0.1, 0.15) is 0 Å². The molecule has 0 heterocycles. The molecule has 0 radical (unpaired) electrons. The Hall–Kier alpha value is -1.59. The first-order valence-corrected chi connectivity index (χ1v) is 8.73. The largest absolute Gasteiger partial charge is 0.481 e. The van der Waals surface area contributed by atoms with Crippen molar-refractivity contribution in [2.45, 2.75) is 82.7 Å². The summed E-state index contributed by atoms with van der Waals surface area (Å²) < 4.78 is 0. The molecule has 2 aliphatic carbocycles. The predicted molar refractivity (Wildman–Crippen MR) is 85.8 cm³/mol. The van der Waals surface area contributed by atoms with Crippen LogP contribution in [0.1, 0.15) is 71.1 Å². The van der Waals surface area contributed by atoms with E-state index in [2.05, 4.69) is 10.6 Å². The van der Waals surface area contributed by atoms with Gasteiger partial charge in [-0.15, -0.1) is 0 Å². The molecule has 1 atom stereocenters. The van der Waals surface area contributed by atoms with Crippen LogP contribution in [-0.2, 0) is 14.4 Å². The van der Waals surface area contributed by atoms with Crippen molar-refractivity contribution in [2.75, 3.05) is 0 Å². The summed E-state index contributed by atoms with van der Waals surface area (Å²) in [4.78, 5) is 35.4. The average Bonchev–Trinajstić information content (AvgIpc) is 3.08. The Morgan fingerprint density at radius 2 is 1.74 bits per heavy atom. The Morgan fingerprint density at radius 1 is 1.13 bits per heavy atom. The highest BCUT2D eigenvalue weighted by Crippen LogP contribution is 2.32. The minimum Gasteiger partial charge on any atom is -0.481 e. The van der Waals surface area contributed by atoms with Crippen molar-refractivity contribution < 1.29 is 19.5 Å². The SMILES string of the molecule is CC(CC(=O)NC1(CC(=O)O)CCCC1)NC(=O)C1CCCC1. The fourth-order valence-electron chi connectivity index (χ4n) is 3.91. The van der Waals surface area contributed by atoms with E-state index < -0.39 is 11.5 Å². The summed E-state index contributed by atoms with van der Waals surface area (Å²) in [6.07, 6.45) is 7.57. The summed E-state index contributed by atoms with van der Waals surface area (Å²) in [5.41, 5.74) is -0.599. The lowest BCUT2D eigenvalue weighted by Crippen LogP contribution is -2.49. The predicted octanol–water partition coefficient (Wildman–Crippen LogP) is 1.98. The van der Waals surface area contributed by atoms with Crippen molar-refractivity contribution in [3.63, 3.8) is 0 Å². The average molecular weight is 324 g/mol. The van der Waals surface area contributed by atoms with Crippen LogP contribution in [0.3, 0.4) is 0 Å². The molecule has 130 valence electrons. The second kappa shape index (κ2) is 7.79. The smallest absolute Gasteiger partial charge is 0.305 e. The van der Waals surface area contributed by atoms with E-state index in [0.29, 0.717) is 12.8 Å². The number of carbonyl (C=O) groups is 3. The van der Waals surface area contributed by atoms with Gasteiger partial charge in [-0.25, -0.2) is 0 Å². The Labute approximate surface area is 137 Å². The molecule has 6 heteroatoms. The number of rotatable bonds is 7. The summed E-state index contributed by atoms with van der Waals surface area (Å²) >= 11 is 0. The highest BCUT2D eigenvalue weighted by Gasteiger charge is 2.37. The van der Waals surface area contributed by atoms with Crippen LogP contribution in [0.2, 0.25) is 0 Å². The minimum atomic E-state index is -0.880. The lowest BCUT2D eigenvalue weighted by Gasteiger charge is -2.29. The van der Waals surface area contributed by atoms with Gasteiger partial charge in [0.05, 0.1) is 12.0 Å². The zero-order valence-electron chi connectivity index (χ0n) is 13.9. The van der Waals surface area contributed by atoms with Crippen molar-refractivity contribution >= 4 is 17.8 Å². The number of carboxylic acids is 1. The first kappa shape index (κ1) is 17.8. The van der Waals surface area contributed by atoms with Gasteiger partial charge in [0.2, 0.25) is 11.8 Å². The second-order valence-electron chi connectivity index (χ2n) is 7.20. The fraction of sp³-hybridized carbons (Fsp3) is 0.824. The number of nitrogens with one attached hydrogen (secondary N) is 2. The first-order valence-electron chi connectivity index (χ1n) is 8.73. The molecule has 2 fully saturated rings. The van der Waals surface area contributed by atoms with Crippen LogP contribution in [0.5, 0.6) is 0 Å². The quantitative estimate of drug-likeness (QED) is 0.667. The van der Waals surface area contributed by atoms with Crippen LogP contribution >= 0.6 is 0 Å². The van der Waals surface area contributed by atoms with Gasteiger partial charge < -0.3 is 15.7 Å². The molecule has 2 aliphatic rings. The molecule has 23 heavy (non-hydrogen) atoms. The topological polar surface area (TPSA) is 95.5 Å². The standard InChI is InChI=1S/C17H28N2O4/c1-12(18-16(23)13-6-2-3-7-13)10-14(20)19-17(11-15(21)22)8-4-5-9-17/h12-13H,2-11H2,1H3,(H,18,23)(H,19,20)(H,21,22). The lowest BCUT2D eigenvalue weighted by molar-refractivity contribution is -0.139. The van der Waals surface area contributed by atoms with E-state index in [4.69, 9.17) is 5.11 Å². The number of hydrogen-bond acceptors (Lipinski definition) is 3. The maximum atomic E-state index is 12.2. The van der Waals surface area contributed by atoms with Gasteiger partial charge >= 0.3 is 5.97 Å².